The summed E-state index contributed by atoms with van der Waals surface area (Å²) in [6.45, 7) is 8.84. The second-order valence-corrected chi connectivity index (χ2v) is 14.2. The van der Waals surface area contributed by atoms with Crippen molar-refractivity contribution in [1.82, 2.24) is 41.2 Å². The first-order valence-electron chi connectivity index (χ1n) is 17.8. The maximum atomic E-state index is 13.8. The van der Waals surface area contributed by atoms with Gasteiger partial charge in [0.1, 0.15) is 11.6 Å². The lowest BCUT2D eigenvalue weighted by Gasteiger charge is -2.29. The highest BCUT2D eigenvalue weighted by Gasteiger charge is 2.30. The van der Waals surface area contributed by atoms with Crippen LogP contribution in [0.3, 0.4) is 0 Å². The molecule has 2 fully saturated rings. The summed E-state index contributed by atoms with van der Waals surface area (Å²) in [5.74, 6) is 0.674. The second-order valence-electron chi connectivity index (χ2n) is 14.2. The molecule has 0 radical (unpaired) electrons. The van der Waals surface area contributed by atoms with Gasteiger partial charge in [-0.25, -0.2) is 14.8 Å². The Kier molecular flexibility index (Phi) is 11.7. The Morgan fingerprint density at radius 3 is 2.23 bits per heavy atom. The summed E-state index contributed by atoms with van der Waals surface area (Å²) in [5.41, 5.74) is 3.47. The Bertz CT molecular complexity index is 1760. The zero-order chi connectivity index (χ0) is 36.5. The number of amides is 3. The van der Waals surface area contributed by atoms with E-state index in [9.17, 15) is 14.4 Å². The topological polar surface area (TPSA) is 189 Å². The number of H-pyrrole nitrogens is 1. The van der Waals surface area contributed by atoms with Crippen LogP contribution in [0.25, 0.3) is 22.5 Å². The van der Waals surface area contributed by atoms with E-state index < -0.39 is 17.7 Å². The van der Waals surface area contributed by atoms with E-state index >= 15 is 0 Å². The summed E-state index contributed by atoms with van der Waals surface area (Å²) < 4.78 is 10.8. The first-order chi connectivity index (χ1) is 25.1. The number of alkyl carbamates (subject to hydrolysis) is 1. The minimum atomic E-state index is -0.821. The van der Waals surface area contributed by atoms with Gasteiger partial charge in [0.2, 0.25) is 23.6 Å². The molecule has 2 aliphatic rings. The minimum absolute atomic E-state index is 0.153. The van der Waals surface area contributed by atoms with Crippen molar-refractivity contribution in [2.75, 3.05) is 43.1 Å². The molecular formula is C37H46N10O5. The SMILES string of the molecule is CC(C)(C)OC(=O)NCC1CCC(C(=O)NC(Cc2ccc(-c3cnc(N4CCOCC4)nc3)cc2)C(=O)Nc2ccc(-c3nn[nH]n3)cc2)CC1. The van der Waals surface area contributed by atoms with E-state index in [2.05, 4.69) is 51.4 Å². The van der Waals surface area contributed by atoms with Gasteiger partial charge in [0.25, 0.3) is 0 Å². The Hall–Kier alpha value is -5.44. The average Bonchev–Trinajstić information content (AvgIpc) is 3.70. The first-order valence-corrected chi connectivity index (χ1v) is 17.8. The van der Waals surface area contributed by atoms with Gasteiger partial charge in [0, 0.05) is 61.2 Å². The largest absolute Gasteiger partial charge is 0.444 e. The molecule has 4 N–H and O–H groups in total. The summed E-state index contributed by atoms with van der Waals surface area (Å²) in [7, 11) is 0. The zero-order valence-corrected chi connectivity index (χ0v) is 29.8. The molecule has 3 heterocycles. The predicted molar refractivity (Wildman–Crippen MR) is 194 cm³/mol. The number of anilines is 2. The van der Waals surface area contributed by atoms with Crippen LogP contribution in [0.2, 0.25) is 0 Å². The fourth-order valence-corrected chi connectivity index (χ4v) is 6.35. The number of tetrazole rings is 1. The smallest absolute Gasteiger partial charge is 0.407 e. The number of nitrogens with zero attached hydrogens (tertiary/aromatic N) is 6. The van der Waals surface area contributed by atoms with Crippen LogP contribution in [0.15, 0.2) is 60.9 Å². The molecule has 3 amide bonds. The maximum Gasteiger partial charge on any atom is 0.407 e. The van der Waals surface area contributed by atoms with Crippen LogP contribution in [0.5, 0.6) is 0 Å². The van der Waals surface area contributed by atoms with Gasteiger partial charge in [-0.15, -0.1) is 10.2 Å². The lowest BCUT2D eigenvalue weighted by atomic mass is 9.81. The number of nitrogens with one attached hydrogen (secondary N) is 4. The number of morpholine rings is 1. The number of benzene rings is 2. The summed E-state index contributed by atoms with van der Waals surface area (Å²) in [5, 5.41) is 22.9. The van der Waals surface area contributed by atoms with Crippen molar-refractivity contribution in [2.45, 2.75) is 64.5 Å². The molecule has 15 heteroatoms. The Morgan fingerprint density at radius 2 is 1.60 bits per heavy atom. The van der Waals surface area contributed by atoms with Crippen molar-refractivity contribution in [3.63, 3.8) is 0 Å². The highest BCUT2D eigenvalue weighted by atomic mass is 16.6. The van der Waals surface area contributed by atoms with Crippen LogP contribution in [-0.4, -0.2) is 93.0 Å². The molecular weight excluding hydrogens is 664 g/mol. The molecule has 6 rings (SSSR count). The number of rotatable bonds is 11. The maximum absolute atomic E-state index is 13.8. The van der Waals surface area contributed by atoms with Gasteiger partial charge in [-0.1, -0.05) is 24.3 Å². The summed E-state index contributed by atoms with van der Waals surface area (Å²) >= 11 is 0. The van der Waals surface area contributed by atoms with Crippen molar-refractivity contribution in [3.05, 3.63) is 66.5 Å². The molecule has 2 aromatic carbocycles. The van der Waals surface area contributed by atoms with E-state index in [1.807, 2.05) is 57.4 Å². The number of carbonyl (C=O) groups is 3. The van der Waals surface area contributed by atoms with Gasteiger partial charge in [0.15, 0.2) is 0 Å². The van der Waals surface area contributed by atoms with Crippen LogP contribution < -0.4 is 20.9 Å². The average molecular weight is 711 g/mol. The fraction of sp³-hybridized carbons (Fsp3) is 0.459. The monoisotopic (exact) mass is 710 g/mol. The van der Waals surface area contributed by atoms with Crippen LogP contribution >= 0.6 is 0 Å². The molecule has 0 spiro atoms. The molecule has 1 saturated heterocycles. The minimum Gasteiger partial charge on any atom is -0.444 e. The number of hydrogen-bond donors (Lipinski definition) is 4. The molecule has 52 heavy (non-hydrogen) atoms. The number of aromatic nitrogens is 6. The molecule has 274 valence electrons. The van der Waals surface area contributed by atoms with Gasteiger partial charge in [-0.05, 0) is 93.0 Å². The van der Waals surface area contributed by atoms with Crippen LogP contribution in [0.1, 0.15) is 52.0 Å². The summed E-state index contributed by atoms with van der Waals surface area (Å²) in [6.07, 6.45) is 6.39. The van der Waals surface area contributed by atoms with E-state index in [-0.39, 0.29) is 23.7 Å². The Labute approximate surface area is 302 Å². The van der Waals surface area contributed by atoms with E-state index in [0.29, 0.717) is 56.5 Å². The van der Waals surface area contributed by atoms with Gasteiger partial charge in [-0.2, -0.15) is 5.21 Å². The molecule has 1 aliphatic carbocycles. The molecule has 0 bridgehead atoms. The van der Waals surface area contributed by atoms with Gasteiger partial charge in [0.05, 0.1) is 13.2 Å². The molecule has 1 saturated carbocycles. The number of aromatic amines is 1. The quantitative estimate of drug-likeness (QED) is 0.175. The lowest BCUT2D eigenvalue weighted by molar-refractivity contribution is -0.130. The Morgan fingerprint density at radius 1 is 0.923 bits per heavy atom. The Balaban J connectivity index is 1.09. The molecule has 1 atom stereocenters. The van der Waals surface area contributed by atoms with E-state index in [0.717, 1.165) is 48.2 Å². The van der Waals surface area contributed by atoms with Gasteiger partial charge in [-0.3, -0.25) is 9.59 Å². The molecule has 15 nitrogen and oxygen atoms in total. The summed E-state index contributed by atoms with van der Waals surface area (Å²) in [6, 6.07) is 14.1. The third-order valence-corrected chi connectivity index (χ3v) is 9.20. The first kappa shape index (κ1) is 36.4. The highest BCUT2D eigenvalue weighted by Crippen LogP contribution is 2.29. The lowest BCUT2D eigenvalue weighted by Crippen LogP contribution is -2.48. The second kappa shape index (κ2) is 16.7. The predicted octanol–water partition coefficient (Wildman–Crippen LogP) is 4.16. The molecule has 2 aromatic heterocycles. The normalized spacial score (nSPS) is 18.2. The molecule has 1 aliphatic heterocycles. The van der Waals surface area contributed by atoms with Crippen LogP contribution in [-0.2, 0) is 25.5 Å². The third kappa shape index (κ3) is 10.1. The third-order valence-electron chi connectivity index (χ3n) is 9.20. The number of hydrogen-bond acceptors (Lipinski definition) is 11. The van der Waals surface area contributed by atoms with Crippen LogP contribution in [0.4, 0.5) is 16.4 Å². The van der Waals surface area contributed by atoms with Crippen molar-refractivity contribution in [2.24, 2.45) is 11.8 Å². The van der Waals surface area contributed by atoms with Crippen molar-refractivity contribution in [3.8, 4) is 22.5 Å². The van der Waals surface area contributed by atoms with Crippen molar-refractivity contribution >= 4 is 29.5 Å². The number of ether oxygens (including phenoxy) is 2. The standard InChI is InChI=1S/C37H46N10O5/c1-37(2,3)52-36(50)40-21-25-6-10-28(11-7-25)33(48)42-31(34(49)41-30-14-12-27(13-15-30)32-43-45-46-44-32)20-24-4-8-26(9-5-24)29-22-38-35(39-23-29)47-16-18-51-19-17-47/h4-5,8-9,12-15,22-23,25,28,31H,6-7,10-11,16-21H2,1-3H3,(H,40,50)(H,41,49)(H,42,48)(H,43,44,45,46). The van der Waals surface area contributed by atoms with Crippen molar-refractivity contribution in [1.29, 1.82) is 0 Å². The van der Waals surface area contributed by atoms with Gasteiger partial charge < -0.3 is 30.3 Å². The van der Waals surface area contributed by atoms with E-state index in [4.69, 9.17) is 9.47 Å². The van der Waals surface area contributed by atoms with E-state index in [1.54, 1.807) is 24.3 Å². The number of carbonyl (C=O) groups excluding carboxylic acids is 3. The van der Waals surface area contributed by atoms with Gasteiger partial charge >= 0.3 is 6.09 Å². The molecule has 4 aromatic rings. The van der Waals surface area contributed by atoms with E-state index in [1.165, 1.54) is 0 Å². The summed E-state index contributed by atoms with van der Waals surface area (Å²) in [4.78, 5) is 50.7. The van der Waals surface area contributed by atoms with Crippen LogP contribution in [0, 0.1) is 11.8 Å². The highest BCUT2D eigenvalue weighted by molar-refractivity contribution is 5.97. The van der Waals surface area contributed by atoms with Crippen molar-refractivity contribution < 1.29 is 23.9 Å². The fourth-order valence-electron chi connectivity index (χ4n) is 6.35. The zero-order valence-electron chi connectivity index (χ0n) is 29.8. The molecule has 1 unspecified atom stereocenters.